The molecular formula is C34H44N2OSi2. The Hall–Kier alpha value is -2.95. The molecule has 0 saturated carbocycles. The van der Waals surface area contributed by atoms with Gasteiger partial charge < -0.3 is 4.43 Å². The van der Waals surface area contributed by atoms with Gasteiger partial charge in [0.25, 0.3) is 8.32 Å². The highest BCUT2D eigenvalue weighted by atomic mass is 28.4. The van der Waals surface area contributed by atoms with Crippen molar-refractivity contribution < 1.29 is 4.43 Å². The average Bonchev–Trinajstić information content (AvgIpc) is 2.84. The molecule has 0 saturated heterocycles. The highest BCUT2D eigenvalue weighted by Crippen LogP contribution is 2.44. The Labute approximate surface area is 237 Å². The second-order valence-corrected chi connectivity index (χ2v) is 23.1. The molecule has 0 fully saturated rings. The van der Waals surface area contributed by atoms with Crippen molar-refractivity contribution in [2.75, 3.05) is 0 Å². The predicted octanol–water partition coefficient (Wildman–Crippen LogP) is 9.85. The maximum Gasteiger partial charge on any atom is 0.258 e. The van der Waals surface area contributed by atoms with Crippen LogP contribution in [0.15, 0.2) is 48.7 Å². The molecule has 204 valence electrons. The van der Waals surface area contributed by atoms with E-state index in [1.807, 2.05) is 12.3 Å². The van der Waals surface area contributed by atoms with Gasteiger partial charge in [-0.2, -0.15) is 0 Å². The molecule has 0 bridgehead atoms. The molecule has 2 aromatic heterocycles. The van der Waals surface area contributed by atoms with E-state index in [-0.39, 0.29) is 0 Å². The molecule has 5 heteroatoms. The Bertz CT molecular complexity index is 1540. The number of benzene rings is 2. The SMILES string of the molecule is Cc1cc(O[Si](C(C)C)(C(C)C)C(C)C)cc(C)c1-c1nc2c(ccc3cccnc32)cc1C#C[Si](C)(C)C. The van der Waals surface area contributed by atoms with Crippen LogP contribution in [0.4, 0.5) is 0 Å². The molecule has 0 N–H and O–H groups in total. The van der Waals surface area contributed by atoms with Gasteiger partial charge in [-0.1, -0.05) is 85.3 Å². The minimum Gasteiger partial charge on any atom is -0.543 e. The fourth-order valence-electron chi connectivity index (χ4n) is 6.23. The van der Waals surface area contributed by atoms with Crippen molar-refractivity contribution in [2.45, 2.75) is 91.7 Å². The Kier molecular flexibility index (Phi) is 8.12. The number of pyridine rings is 2. The maximum atomic E-state index is 7.08. The van der Waals surface area contributed by atoms with E-state index in [1.54, 1.807) is 0 Å². The molecule has 2 aromatic carbocycles. The Balaban J connectivity index is 1.95. The molecule has 0 atom stereocenters. The smallest absolute Gasteiger partial charge is 0.258 e. The molecule has 0 radical (unpaired) electrons. The van der Waals surface area contributed by atoms with Crippen LogP contribution in [0, 0.1) is 25.3 Å². The largest absolute Gasteiger partial charge is 0.543 e. The van der Waals surface area contributed by atoms with Gasteiger partial charge in [0.15, 0.2) is 0 Å². The molecule has 39 heavy (non-hydrogen) atoms. The summed E-state index contributed by atoms with van der Waals surface area (Å²) in [5.74, 6) is 4.53. The van der Waals surface area contributed by atoms with Crippen molar-refractivity contribution in [3.8, 4) is 28.5 Å². The zero-order valence-electron chi connectivity index (χ0n) is 25.7. The number of aryl methyl sites for hydroxylation is 2. The number of hydrogen-bond acceptors (Lipinski definition) is 3. The van der Waals surface area contributed by atoms with Crippen LogP contribution in [0.3, 0.4) is 0 Å². The number of rotatable bonds is 6. The molecule has 0 aliphatic heterocycles. The van der Waals surface area contributed by atoms with E-state index in [2.05, 4.69) is 123 Å². The summed E-state index contributed by atoms with van der Waals surface area (Å²) in [7, 11) is -3.65. The second-order valence-electron chi connectivity index (χ2n) is 12.9. The molecule has 0 spiro atoms. The normalized spacial score (nSPS) is 12.5. The van der Waals surface area contributed by atoms with Crippen molar-refractivity contribution >= 4 is 38.2 Å². The molecule has 4 aromatic rings. The summed E-state index contributed by atoms with van der Waals surface area (Å²) in [6, 6.07) is 15.0. The number of fused-ring (bicyclic) bond motifs is 3. The van der Waals surface area contributed by atoms with Crippen LogP contribution >= 0.6 is 0 Å². The first kappa shape index (κ1) is 29.0. The van der Waals surface area contributed by atoms with Gasteiger partial charge in [-0.05, 0) is 65.9 Å². The van der Waals surface area contributed by atoms with Gasteiger partial charge in [0, 0.05) is 22.5 Å². The van der Waals surface area contributed by atoms with E-state index in [1.165, 1.54) is 11.1 Å². The standard InChI is InChI=1S/C34H44N2OSi2/c1-22(2)39(23(3)4,24(5)6)37-30-19-25(7)31(26(8)20-30)32-29(16-18-38(9,10)11)21-28-15-14-27-13-12-17-35-33(27)34(28)36-32/h12-15,17,19-24H,1-11H3. The van der Waals surface area contributed by atoms with E-state index in [9.17, 15) is 0 Å². The Morgan fingerprint density at radius 3 is 1.92 bits per heavy atom. The lowest BCUT2D eigenvalue weighted by Gasteiger charge is -2.42. The minimum atomic E-state index is -2.06. The zero-order valence-corrected chi connectivity index (χ0v) is 27.7. The molecule has 0 aliphatic carbocycles. The van der Waals surface area contributed by atoms with E-state index >= 15 is 0 Å². The van der Waals surface area contributed by atoms with Gasteiger partial charge in [-0.25, -0.2) is 4.98 Å². The summed E-state index contributed by atoms with van der Waals surface area (Å²) in [5.41, 5.74) is 12.4. The molecule has 0 amide bonds. The highest BCUT2D eigenvalue weighted by Gasteiger charge is 2.47. The van der Waals surface area contributed by atoms with Crippen molar-refractivity contribution in [3.05, 3.63) is 65.4 Å². The predicted molar refractivity (Wildman–Crippen MR) is 174 cm³/mol. The fraction of sp³-hybridized carbons (Fsp3) is 0.412. The molecule has 3 nitrogen and oxygen atoms in total. The summed E-state index contributed by atoms with van der Waals surface area (Å²) >= 11 is 0. The summed E-state index contributed by atoms with van der Waals surface area (Å²) in [4.78, 5) is 10.0. The van der Waals surface area contributed by atoms with Gasteiger partial charge in [-0.15, -0.1) is 5.54 Å². The third-order valence-corrected chi connectivity index (χ3v) is 14.8. The van der Waals surface area contributed by atoms with Crippen LogP contribution in [0.5, 0.6) is 5.75 Å². The number of nitrogens with zero attached hydrogens (tertiary/aromatic N) is 2. The first-order valence-corrected chi connectivity index (χ1v) is 19.9. The lowest BCUT2D eigenvalue weighted by Crippen LogP contribution is -2.50. The molecule has 2 heterocycles. The Morgan fingerprint density at radius 2 is 1.36 bits per heavy atom. The number of hydrogen-bond donors (Lipinski definition) is 0. The lowest BCUT2D eigenvalue weighted by atomic mass is 9.95. The number of aromatic nitrogens is 2. The topological polar surface area (TPSA) is 35.0 Å². The maximum absolute atomic E-state index is 7.08. The van der Waals surface area contributed by atoms with Crippen LogP contribution in [0.25, 0.3) is 33.1 Å². The third-order valence-electron chi connectivity index (χ3n) is 7.87. The van der Waals surface area contributed by atoms with E-state index in [0.717, 1.165) is 44.4 Å². The molecular weight excluding hydrogens is 509 g/mol. The second kappa shape index (κ2) is 10.9. The van der Waals surface area contributed by atoms with Gasteiger partial charge in [0.1, 0.15) is 13.8 Å². The van der Waals surface area contributed by atoms with Gasteiger partial charge in [0.2, 0.25) is 0 Å². The van der Waals surface area contributed by atoms with Crippen molar-refractivity contribution in [3.63, 3.8) is 0 Å². The van der Waals surface area contributed by atoms with Crippen molar-refractivity contribution in [1.82, 2.24) is 9.97 Å². The minimum absolute atomic E-state index is 0.518. The third kappa shape index (κ3) is 5.69. The summed E-state index contributed by atoms with van der Waals surface area (Å²) in [5, 5.41) is 2.17. The summed E-state index contributed by atoms with van der Waals surface area (Å²) < 4.78 is 7.08. The van der Waals surface area contributed by atoms with Gasteiger partial charge >= 0.3 is 0 Å². The monoisotopic (exact) mass is 552 g/mol. The van der Waals surface area contributed by atoms with Gasteiger partial charge in [0.05, 0.1) is 22.3 Å². The van der Waals surface area contributed by atoms with E-state index in [4.69, 9.17) is 14.4 Å². The van der Waals surface area contributed by atoms with Gasteiger partial charge in [-0.3, -0.25) is 4.98 Å². The average molecular weight is 553 g/mol. The van der Waals surface area contributed by atoms with Crippen LogP contribution in [-0.2, 0) is 0 Å². The Morgan fingerprint density at radius 1 is 0.769 bits per heavy atom. The van der Waals surface area contributed by atoms with E-state index in [0.29, 0.717) is 16.6 Å². The van der Waals surface area contributed by atoms with Crippen molar-refractivity contribution in [1.29, 1.82) is 0 Å². The van der Waals surface area contributed by atoms with Crippen LogP contribution in [0.1, 0.15) is 58.2 Å². The first-order valence-electron chi connectivity index (χ1n) is 14.3. The van der Waals surface area contributed by atoms with E-state index < -0.39 is 16.4 Å². The fourth-order valence-corrected chi connectivity index (χ4v) is 12.0. The first-order chi connectivity index (χ1) is 18.2. The van der Waals surface area contributed by atoms with Crippen LogP contribution in [0.2, 0.25) is 36.3 Å². The quantitative estimate of drug-likeness (QED) is 0.136. The lowest BCUT2D eigenvalue weighted by molar-refractivity contribution is 0.479. The van der Waals surface area contributed by atoms with Crippen LogP contribution in [-0.4, -0.2) is 26.4 Å². The molecule has 0 aliphatic rings. The molecule has 4 rings (SSSR count). The zero-order chi connectivity index (χ0) is 28.7. The molecule has 0 unspecified atom stereocenters. The highest BCUT2D eigenvalue weighted by molar-refractivity contribution is 6.84. The summed E-state index contributed by atoms with van der Waals surface area (Å²) in [6.45, 7) is 25.2. The summed E-state index contributed by atoms with van der Waals surface area (Å²) in [6.07, 6.45) is 1.85. The van der Waals surface area contributed by atoms with Crippen molar-refractivity contribution in [2.24, 2.45) is 0 Å². The van der Waals surface area contributed by atoms with Crippen LogP contribution < -0.4 is 4.43 Å².